The maximum Gasteiger partial charge on any atom is 0.335 e. The lowest BCUT2D eigenvalue weighted by Gasteiger charge is -2.17. The Labute approximate surface area is 101 Å². The summed E-state index contributed by atoms with van der Waals surface area (Å²) < 4.78 is 0. The number of pyridine rings is 1. The summed E-state index contributed by atoms with van der Waals surface area (Å²) in [6.07, 6.45) is 5.22. The van der Waals surface area contributed by atoms with Gasteiger partial charge in [-0.3, -0.25) is 0 Å². The smallest absolute Gasteiger partial charge is 0.335 e. The van der Waals surface area contributed by atoms with E-state index in [-0.39, 0.29) is 0 Å². The summed E-state index contributed by atoms with van der Waals surface area (Å²) in [5.74, 6) is 0.636. The molecule has 0 bridgehead atoms. The van der Waals surface area contributed by atoms with Crippen molar-refractivity contribution in [1.29, 1.82) is 0 Å². The zero-order chi connectivity index (χ0) is 12.3. The molecule has 1 fully saturated rings. The van der Waals surface area contributed by atoms with Crippen LogP contribution in [0.15, 0.2) is 18.3 Å². The molecule has 1 saturated heterocycles. The van der Waals surface area contributed by atoms with E-state index in [4.69, 9.17) is 5.11 Å². The molecule has 0 radical (unpaired) electrons. The molecule has 0 spiro atoms. The molecule has 1 unspecified atom stereocenters. The molecular weight excluding hydrogens is 216 g/mol. The van der Waals surface area contributed by atoms with Crippen LogP contribution in [0, 0.1) is 5.92 Å². The number of aromatic carboxylic acids is 1. The van der Waals surface area contributed by atoms with Gasteiger partial charge in [0.2, 0.25) is 0 Å². The minimum atomic E-state index is -0.891. The van der Waals surface area contributed by atoms with Gasteiger partial charge in [-0.1, -0.05) is 13.3 Å². The van der Waals surface area contributed by atoms with Gasteiger partial charge in [0, 0.05) is 19.3 Å². The van der Waals surface area contributed by atoms with Crippen LogP contribution >= 0.6 is 0 Å². The van der Waals surface area contributed by atoms with E-state index in [9.17, 15) is 4.79 Å². The van der Waals surface area contributed by atoms with Crippen molar-refractivity contribution in [3.05, 3.63) is 23.9 Å². The van der Waals surface area contributed by atoms with E-state index in [1.54, 1.807) is 12.3 Å². The third kappa shape index (κ3) is 2.75. The van der Waals surface area contributed by atoms with Gasteiger partial charge < -0.3 is 10.0 Å². The van der Waals surface area contributed by atoms with Crippen LogP contribution in [0.25, 0.3) is 0 Å². The Balaban J connectivity index is 2.08. The van der Waals surface area contributed by atoms with Gasteiger partial charge in [0.05, 0.1) is 5.56 Å². The van der Waals surface area contributed by atoms with Crippen LogP contribution < -0.4 is 4.90 Å². The molecule has 4 nitrogen and oxygen atoms in total. The van der Waals surface area contributed by atoms with E-state index < -0.39 is 5.97 Å². The molecule has 0 aromatic carbocycles. The highest BCUT2D eigenvalue weighted by atomic mass is 16.4. The van der Waals surface area contributed by atoms with E-state index in [2.05, 4.69) is 16.8 Å². The lowest BCUT2D eigenvalue weighted by Crippen LogP contribution is -2.21. The van der Waals surface area contributed by atoms with Gasteiger partial charge >= 0.3 is 5.97 Å². The number of anilines is 1. The number of hydrogen-bond acceptors (Lipinski definition) is 3. The summed E-state index contributed by atoms with van der Waals surface area (Å²) in [7, 11) is 0. The summed E-state index contributed by atoms with van der Waals surface area (Å²) in [6.45, 7) is 4.19. The first-order valence-electron chi connectivity index (χ1n) is 6.15. The van der Waals surface area contributed by atoms with Gasteiger partial charge in [-0.2, -0.15) is 0 Å². The highest BCUT2D eigenvalue weighted by Crippen LogP contribution is 2.25. The van der Waals surface area contributed by atoms with Gasteiger partial charge in [-0.05, 0) is 30.9 Å². The van der Waals surface area contributed by atoms with E-state index >= 15 is 0 Å². The molecular formula is C13H18N2O2. The van der Waals surface area contributed by atoms with Crippen LogP contribution in [0.5, 0.6) is 0 Å². The largest absolute Gasteiger partial charge is 0.478 e. The number of nitrogens with zero attached hydrogens (tertiary/aromatic N) is 2. The van der Waals surface area contributed by atoms with Crippen molar-refractivity contribution in [2.75, 3.05) is 18.0 Å². The van der Waals surface area contributed by atoms with E-state index in [1.807, 2.05) is 0 Å². The second-order valence-electron chi connectivity index (χ2n) is 4.60. The van der Waals surface area contributed by atoms with Crippen LogP contribution in [-0.2, 0) is 0 Å². The fourth-order valence-corrected chi connectivity index (χ4v) is 2.41. The van der Waals surface area contributed by atoms with Crippen molar-refractivity contribution < 1.29 is 9.90 Å². The van der Waals surface area contributed by atoms with Crippen LogP contribution in [0.3, 0.4) is 0 Å². The average Bonchev–Trinajstić information content (AvgIpc) is 2.78. The van der Waals surface area contributed by atoms with Crippen LogP contribution in [-0.4, -0.2) is 29.1 Å². The molecule has 0 aliphatic carbocycles. The molecule has 92 valence electrons. The first kappa shape index (κ1) is 11.9. The van der Waals surface area contributed by atoms with Crippen molar-refractivity contribution in [2.45, 2.75) is 26.2 Å². The van der Waals surface area contributed by atoms with Gasteiger partial charge in [0.1, 0.15) is 5.82 Å². The van der Waals surface area contributed by atoms with Crippen molar-refractivity contribution >= 4 is 11.8 Å². The Bertz CT molecular complexity index is 406. The SMILES string of the molecule is CCCC1CCN(c2cc(C(=O)O)ccn2)C1. The van der Waals surface area contributed by atoms with Crippen molar-refractivity contribution in [1.82, 2.24) is 4.98 Å². The van der Waals surface area contributed by atoms with Crippen molar-refractivity contribution in [2.24, 2.45) is 5.92 Å². The Kier molecular flexibility index (Phi) is 3.61. The zero-order valence-corrected chi connectivity index (χ0v) is 10.1. The van der Waals surface area contributed by atoms with Crippen LogP contribution in [0.4, 0.5) is 5.82 Å². The highest BCUT2D eigenvalue weighted by molar-refractivity contribution is 5.88. The zero-order valence-electron chi connectivity index (χ0n) is 10.1. The molecule has 0 amide bonds. The van der Waals surface area contributed by atoms with E-state index in [0.29, 0.717) is 5.56 Å². The number of rotatable bonds is 4. The quantitative estimate of drug-likeness (QED) is 0.869. The van der Waals surface area contributed by atoms with Gasteiger partial charge in [-0.25, -0.2) is 9.78 Å². The second kappa shape index (κ2) is 5.17. The third-order valence-corrected chi connectivity index (χ3v) is 3.30. The van der Waals surface area contributed by atoms with Gasteiger partial charge in [0.15, 0.2) is 0 Å². The predicted molar refractivity (Wildman–Crippen MR) is 66.4 cm³/mol. The van der Waals surface area contributed by atoms with Gasteiger partial charge in [-0.15, -0.1) is 0 Å². The maximum absolute atomic E-state index is 10.9. The molecule has 1 aliphatic rings. The molecule has 1 atom stereocenters. The monoisotopic (exact) mass is 234 g/mol. The topological polar surface area (TPSA) is 53.4 Å². The maximum atomic E-state index is 10.9. The molecule has 4 heteroatoms. The summed E-state index contributed by atoms with van der Waals surface area (Å²) >= 11 is 0. The van der Waals surface area contributed by atoms with Crippen molar-refractivity contribution in [3.8, 4) is 0 Å². The Morgan fingerprint density at radius 3 is 3.18 bits per heavy atom. The molecule has 1 N–H and O–H groups in total. The summed E-state index contributed by atoms with van der Waals surface area (Å²) in [5.41, 5.74) is 0.314. The lowest BCUT2D eigenvalue weighted by atomic mass is 10.0. The standard InChI is InChI=1S/C13H18N2O2/c1-2-3-10-5-7-15(9-10)12-8-11(13(16)17)4-6-14-12/h4,6,8,10H,2-3,5,7,9H2,1H3,(H,16,17). The molecule has 2 rings (SSSR count). The fourth-order valence-electron chi connectivity index (χ4n) is 2.41. The number of carbonyl (C=O) groups is 1. The predicted octanol–water partition coefficient (Wildman–Crippen LogP) is 2.41. The number of aromatic nitrogens is 1. The summed E-state index contributed by atoms with van der Waals surface area (Å²) in [4.78, 5) is 17.3. The highest BCUT2D eigenvalue weighted by Gasteiger charge is 2.23. The molecule has 0 saturated carbocycles. The minimum absolute atomic E-state index is 0.314. The van der Waals surface area contributed by atoms with E-state index in [0.717, 1.165) is 24.8 Å². The van der Waals surface area contributed by atoms with Crippen LogP contribution in [0.1, 0.15) is 36.5 Å². The first-order chi connectivity index (χ1) is 8.20. The second-order valence-corrected chi connectivity index (χ2v) is 4.60. The normalized spacial score (nSPS) is 19.6. The number of carboxylic acids is 1. The summed E-state index contributed by atoms with van der Waals surface area (Å²) in [6, 6.07) is 3.20. The Morgan fingerprint density at radius 1 is 1.65 bits per heavy atom. The summed E-state index contributed by atoms with van der Waals surface area (Å²) in [5, 5.41) is 8.94. The first-order valence-corrected chi connectivity index (χ1v) is 6.15. The minimum Gasteiger partial charge on any atom is -0.478 e. The number of hydrogen-bond donors (Lipinski definition) is 1. The molecule has 1 aliphatic heterocycles. The van der Waals surface area contributed by atoms with Gasteiger partial charge in [0.25, 0.3) is 0 Å². The van der Waals surface area contributed by atoms with Crippen LogP contribution in [0.2, 0.25) is 0 Å². The molecule has 1 aromatic rings. The Hall–Kier alpha value is -1.58. The fraction of sp³-hybridized carbons (Fsp3) is 0.538. The molecule has 17 heavy (non-hydrogen) atoms. The average molecular weight is 234 g/mol. The third-order valence-electron chi connectivity index (χ3n) is 3.30. The molecule has 2 heterocycles. The van der Waals surface area contributed by atoms with E-state index in [1.165, 1.54) is 25.3 Å². The number of carboxylic acid groups (broad SMARTS) is 1. The molecule has 1 aromatic heterocycles. The lowest BCUT2D eigenvalue weighted by molar-refractivity contribution is 0.0697. The Morgan fingerprint density at radius 2 is 2.47 bits per heavy atom. The van der Waals surface area contributed by atoms with Crippen molar-refractivity contribution in [3.63, 3.8) is 0 Å².